The molecule has 1 heterocycles. The standard InChI is InChI=1S/C14H24N2O/c1-3-5-6-7-14(17)16-10-8-13(9-11-16)12-15-4-2/h3,5-7,13,15H,4,8-12H2,1-2H3/b5-3?,7-6+. The molecule has 0 aromatic heterocycles. The number of piperidine rings is 1. The molecule has 1 aliphatic rings. The molecule has 0 aromatic carbocycles. The van der Waals surface area contributed by atoms with Crippen LogP contribution in [0.25, 0.3) is 0 Å². The van der Waals surface area contributed by atoms with E-state index < -0.39 is 0 Å². The Labute approximate surface area is 105 Å². The molecule has 0 spiro atoms. The lowest BCUT2D eigenvalue weighted by Crippen LogP contribution is -2.40. The second kappa shape index (κ2) is 8.07. The molecule has 1 N–H and O–H groups in total. The fourth-order valence-electron chi connectivity index (χ4n) is 2.06. The minimum atomic E-state index is 0.144. The lowest BCUT2D eigenvalue weighted by molar-refractivity contribution is -0.127. The van der Waals surface area contributed by atoms with Gasteiger partial charge in [0.2, 0.25) is 5.91 Å². The zero-order chi connectivity index (χ0) is 12.5. The Morgan fingerprint density at radius 2 is 2.06 bits per heavy atom. The number of hydrogen-bond donors (Lipinski definition) is 1. The van der Waals surface area contributed by atoms with Crippen molar-refractivity contribution in [2.24, 2.45) is 5.92 Å². The van der Waals surface area contributed by atoms with Crippen molar-refractivity contribution in [1.82, 2.24) is 10.2 Å². The van der Waals surface area contributed by atoms with Crippen LogP contribution in [0.3, 0.4) is 0 Å². The van der Waals surface area contributed by atoms with Crippen molar-refractivity contribution in [3.05, 3.63) is 24.3 Å². The Hall–Kier alpha value is -1.09. The Morgan fingerprint density at radius 3 is 2.65 bits per heavy atom. The number of carbonyl (C=O) groups is 1. The van der Waals surface area contributed by atoms with Gasteiger partial charge in [-0.05, 0) is 38.8 Å². The van der Waals surface area contributed by atoms with Crippen molar-refractivity contribution in [3.8, 4) is 0 Å². The van der Waals surface area contributed by atoms with E-state index in [0.29, 0.717) is 0 Å². The Morgan fingerprint density at radius 1 is 1.35 bits per heavy atom. The predicted molar refractivity (Wildman–Crippen MR) is 71.8 cm³/mol. The maximum absolute atomic E-state index is 11.8. The van der Waals surface area contributed by atoms with Gasteiger partial charge in [0.25, 0.3) is 0 Å². The van der Waals surface area contributed by atoms with Crippen molar-refractivity contribution in [2.45, 2.75) is 26.7 Å². The molecule has 96 valence electrons. The summed E-state index contributed by atoms with van der Waals surface area (Å²) in [5, 5.41) is 3.38. The first-order valence-electron chi connectivity index (χ1n) is 6.57. The van der Waals surface area contributed by atoms with Crippen molar-refractivity contribution < 1.29 is 4.79 Å². The summed E-state index contributed by atoms with van der Waals surface area (Å²) in [4.78, 5) is 13.7. The first kappa shape index (κ1) is 14.0. The fraction of sp³-hybridized carbons (Fsp3) is 0.643. The summed E-state index contributed by atoms with van der Waals surface area (Å²) in [6.45, 7) is 7.99. The Balaban J connectivity index is 2.28. The average Bonchev–Trinajstić information content (AvgIpc) is 2.37. The van der Waals surface area contributed by atoms with Crippen molar-refractivity contribution in [3.63, 3.8) is 0 Å². The molecule has 3 nitrogen and oxygen atoms in total. The van der Waals surface area contributed by atoms with E-state index >= 15 is 0 Å². The van der Waals surface area contributed by atoms with E-state index in [1.807, 2.05) is 30.1 Å². The summed E-state index contributed by atoms with van der Waals surface area (Å²) in [5.41, 5.74) is 0. The van der Waals surface area contributed by atoms with E-state index in [9.17, 15) is 4.79 Å². The highest BCUT2D eigenvalue weighted by atomic mass is 16.2. The molecule has 3 heteroatoms. The van der Waals surface area contributed by atoms with Crippen molar-refractivity contribution in [2.75, 3.05) is 26.2 Å². The second-order valence-electron chi connectivity index (χ2n) is 4.46. The van der Waals surface area contributed by atoms with E-state index in [2.05, 4.69) is 12.2 Å². The zero-order valence-corrected chi connectivity index (χ0v) is 11.0. The third kappa shape index (κ3) is 5.18. The molecule has 0 aliphatic carbocycles. The van der Waals surface area contributed by atoms with Gasteiger partial charge < -0.3 is 10.2 Å². The van der Waals surface area contributed by atoms with Crippen molar-refractivity contribution >= 4 is 5.91 Å². The number of nitrogens with one attached hydrogen (secondary N) is 1. The average molecular weight is 236 g/mol. The highest BCUT2D eigenvalue weighted by Gasteiger charge is 2.20. The number of amides is 1. The second-order valence-corrected chi connectivity index (χ2v) is 4.46. The molecule has 0 bridgehead atoms. The number of hydrogen-bond acceptors (Lipinski definition) is 2. The number of likely N-dealkylation sites (tertiary alicyclic amines) is 1. The van der Waals surface area contributed by atoms with Crippen LogP contribution in [-0.4, -0.2) is 37.0 Å². The van der Waals surface area contributed by atoms with E-state index in [1.54, 1.807) is 6.08 Å². The van der Waals surface area contributed by atoms with Crippen LogP contribution in [-0.2, 0) is 4.79 Å². The molecule has 1 rings (SSSR count). The zero-order valence-electron chi connectivity index (χ0n) is 11.0. The number of nitrogens with zero attached hydrogens (tertiary/aromatic N) is 1. The number of carbonyl (C=O) groups excluding carboxylic acids is 1. The minimum absolute atomic E-state index is 0.144. The summed E-state index contributed by atoms with van der Waals surface area (Å²) >= 11 is 0. The summed E-state index contributed by atoms with van der Waals surface area (Å²) in [7, 11) is 0. The molecule has 1 fully saturated rings. The van der Waals surface area contributed by atoms with Gasteiger partial charge in [-0.1, -0.05) is 25.2 Å². The third-order valence-electron chi connectivity index (χ3n) is 3.15. The monoisotopic (exact) mass is 236 g/mol. The molecule has 1 amide bonds. The first-order chi connectivity index (χ1) is 8.27. The van der Waals surface area contributed by atoms with Gasteiger partial charge in [0.05, 0.1) is 0 Å². The van der Waals surface area contributed by atoms with Gasteiger partial charge in [0.15, 0.2) is 0 Å². The van der Waals surface area contributed by atoms with Gasteiger partial charge in [-0.2, -0.15) is 0 Å². The topological polar surface area (TPSA) is 32.3 Å². The quantitative estimate of drug-likeness (QED) is 0.584. The lowest BCUT2D eigenvalue weighted by Gasteiger charge is -2.31. The predicted octanol–water partition coefficient (Wildman–Crippen LogP) is 1.97. The van der Waals surface area contributed by atoms with Gasteiger partial charge in [0, 0.05) is 19.2 Å². The number of rotatable bonds is 5. The van der Waals surface area contributed by atoms with Crippen LogP contribution < -0.4 is 5.32 Å². The normalized spacial score (nSPS) is 18.4. The van der Waals surface area contributed by atoms with Gasteiger partial charge in [0.1, 0.15) is 0 Å². The van der Waals surface area contributed by atoms with Crippen molar-refractivity contribution in [1.29, 1.82) is 0 Å². The Bertz CT molecular complexity index is 276. The van der Waals surface area contributed by atoms with E-state index in [1.165, 1.54) is 0 Å². The van der Waals surface area contributed by atoms with Gasteiger partial charge in [-0.15, -0.1) is 0 Å². The SMILES string of the molecule is CC=C/C=C/C(=O)N1CCC(CNCC)CC1. The van der Waals surface area contributed by atoms with Crippen LogP contribution in [0.4, 0.5) is 0 Å². The molecule has 17 heavy (non-hydrogen) atoms. The smallest absolute Gasteiger partial charge is 0.246 e. The summed E-state index contributed by atoms with van der Waals surface area (Å²) in [5.74, 6) is 0.878. The van der Waals surface area contributed by atoms with Crippen LogP contribution in [0.15, 0.2) is 24.3 Å². The maximum atomic E-state index is 11.8. The maximum Gasteiger partial charge on any atom is 0.246 e. The van der Waals surface area contributed by atoms with Crippen LogP contribution >= 0.6 is 0 Å². The van der Waals surface area contributed by atoms with Crippen LogP contribution in [0.5, 0.6) is 0 Å². The molecule has 0 radical (unpaired) electrons. The van der Waals surface area contributed by atoms with Crippen LogP contribution in [0, 0.1) is 5.92 Å². The van der Waals surface area contributed by atoms with Crippen LogP contribution in [0.1, 0.15) is 26.7 Å². The fourth-order valence-corrected chi connectivity index (χ4v) is 2.06. The van der Waals surface area contributed by atoms with E-state index in [4.69, 9.17) is 0 Å². The molecule has 0 atom stereocenters. The first-order valence-corrected chi connectivity index (χ1v) is 6.57. The Kier molecular flexibility index (Phi) is 6.63. The van der Waals surface area contributed by atoms with E-state index in [0.717, 1.165) is 44.9 Å². The largest absolute Gasteiger partial charge is 0.339 e. The van der Waals surface area contributed by atoms with Crippen LogP contribution in [0.2, 0.25) is 0 Å². The molecule has 0 aromatic rings. The van der Waals surface area contributed by atoms with Gasteiger partial charge in [-0.25, -0.2) is 0 Å². The molecule has 1 saturated heterocycles. The molecular weight excluding hydrogens is 212 g/mol. The summed E-state index contributed by atoms with van der Waals surface area (Å²) < 4.78 is 0. The van der Waals surface area contributed by atoms with Gasteiger partial charge in [-0.3, -0.25) is 4.79 Å². The minimum Gasteiger partial charge on any atom is -0.339 e. The highest BCUT2D eigenvalue weighted by Crippen LogP contribution is 2.16. The summed E-state index contributed by atoms with van der Waals surface area (Å²) in [6, 6.07) is 0. The lowest BCUT2D eigenvalue weighted by atomic mass is 9.97. The third-order valence-corrected chi connectivity index (χ3v) is 3.15. The molecule has 0 unspecified atom stereocenters. The number of allylic oxidation sites excluding steroid dienone is 3. The van der Waals surface area contributed by atoms with Gasteiger partial charge >= 0.3 is 0 Å². The molecule has 0 saturated carbocycles. The highest BCUT2D eigenvalue weighted by molar-refractivity contribution is 5.87. The molecule has 1 aliphatic heterocycles. The van der Waals surface area contributed by atoms with E-state index in [-0.39, 0.29) is 5.91 Å². The summed E-state index contributed by atoms with van der Waals surface area (Å²) in [6.07, 6.45) is 9.52. The molecular formula is C14H24N2O.